The molecule has 8 heteroatoms. The summed E-state index contributed by atoms with van der Waals surface area (Å²) in [6.45, 7) is 0.108. The maximum atomic E-state index is 11.5. The van der Waals surface area contributed by atoms with Gasteiger partial charge in [0.1, 0.15) is 12.1 Å². The number of rotatable bonds is 6. The molecule has 2 atom stereocenters. The van der Waals surface area contributed by atoms with E-state index in [1.165, 1.54) is 0 Å². The zero-order valence-electron chi connectivity index (χ0n) is 9.63. The molecule has 1 amide bonds. The Kier molecular flexibility index (Phi) is 5.23. The minimum absolute atomic E-state index is 0.138. The minimum Gasteiger partial charge on any atom is -0.480 e. The van der Waals surface area contributed by atoms with Gasteiger partial charge in [-0.2, -0.15) is 0 Å². The molecule has 1 heterocycles. The van der Waals surface area contributed by atoms with Crippen molar-refractivity contribution < 1.29 is 29.6 Å². The topological polar surface area (TPSA) is 142 Å². The van der Waals surface area contributed by atoms with Crippen LogP contribution in [0, 0.1) is 0 Å². The second-order valence-electron chi connectivity index (χ2n) is 3.92. The third kappa shape index (κ3) is 3.77. The molecular weight excluding hydrogens is 244 g/mol. The maximum absolute atomic E-state index is 11.5. The van der Waals surface area contributed by atoms with Gasteiger partial charge in [-0.3, -0.25) is 9.59 Å². The van der Waals surface area contributed by atoms with Crippen molar-refractivity contribution in [2.24, 2.45) is 5.73 Å². The highest BCUT2D eigenvalue weighted by Gasteiger charge is 2.24. The van der Waals surface area contributed by atoms with E-state index in [9.17, 15) is 14.7 Å². The Morgan fingerprint density at radius 2 is 2.11 bits per heavy atom. The Morgan fingerprint density at radius 3 is 2.67 bits per heavy atom. The van der Waals surface area contributed by atoms with Crippen LogP contribution in [-0.4, -0.2) is 59.2 Å². The van der Waals surface area contributed by atoms with Gasteiger partial charge in [0.15, 0.2) is 0 Å². The molecule has 0 aliphatic carbocycles. The Labute approximate surface area is 103 Å². The molecule has 0 bridgehead atoms. The first-order chi connectivity index (χ1) is 8.45. The van der Waals surface area contributed by atoms with E-state index in [0.717, 1.165) is 0 Å². The molecule has 0 aromatic rings. The van der Waals surface area contributed by atoms with Gasteiger partial charge in [0.2, 0.25) is 0 Å². The Morgan fingerprint density at radius 1 is 1.44 bits per heavy atom. The summed E-state index contributed by atoms with van der Waals surface area (Å²) >= 11 is 0. The fraction of sp³-hybridized carbons (Fsp3) is 0.600. The van der Waals surface area contributed by atoms with Gasteiger partial charge in [0, 0.05) is 17.7 Å². The molecule has 2 unspecified atom stereocenters. The maximum Gasteiger partial charge on any atom is 0.320 e. The predicted octanol–water partition coefficient (Wildman–Crippen LogP) is -2.46. The van der Waals surface area contributed by atoms with E-state index in [1.807, 2.05) is 0 Å². The Balaban J connectivity index is 2.52. The second-order valence-corrected chi connectivity index (χ2v) is 3.92. The largest absolute Gasteiger partial charge is 0.480 e. The molecule has 1 aliphatic heterocycles. The van der Waals surface area contributed by atoms with Crippen LogP contribution in [0.1, 0.15) is 6.42 Å². The quantitative estimate of drug-likeness (QED) is 0.356. The summed E-state index contributed by atoms with van der Waals surface area (Å²) in [5.74, 6) is -2.06. The van der Waals surface area contributed by atoms with Crippen LogP contribution in [0.3, 0.4) is 0 Å². The number of carbonyl (C=O) groups excluding carboxylic acids is 1. The highest BCUT2D eigenvalue weighted by molar-refractivity contribution is 5.83. The zero-order chi connectivity index (χ0) is 13.7. The molecule has 0 fully saturated rings. The first-order valence-electron chi connectivity index (χ1n) is 5.32. The number of carboxylic acid groups (broad SMARTS) is 1. The van der Waals surface area contributed by atoms with Crippen molar-refractivity contribution in [1.29, 1.82) is 0 Å². The van der Waals surface area contributed by atoms with Gasteiger partial charge in [0.25, 0.3) is 5.91 Å². The number of aliphatic hydroxyl groups excluding tert-OH is 2. The number of aliphatic hydroxyl groups is 2. The predicted molar refractivity (Wildman–Crippen MR) is 59.3 cm³/mol. The third-order valence-electron chi connectivity index (χ3n) is 2.51. The summed E-state index contributed by atoms with van der Waals surface area (Å²) in [6, 6.07) is -1.31. The summed E-state index contributed by atoms with van der Waals surface area (Å²) in [5.41, 5.74) is 6.12. The molecule has 0 radical (unpaired) electrons. The first-order valence-corrected chi connectivity index (χ1v) is 5.32. The van der Waals surface area contributed by atoms with Crippen molar-refractivity contribution in [2.75, 3.05) is 19.8 Å². The molecule has 18 heavy (non-hydrogen) atoms. The van der Waals surface area contributed by atoms with Crippen LogP contribution in [0.15, 0.2) is 11.3 Å². The number of hydrogen-bond donors (Lipinski definition) is 5. The lowest BCUT2D eigenvalue weighted by atomic mass is 10.1. The van der Waals surface area contributed by atoms with Crippen LogP contribution < -0.4 is 11.1 Å². The summed E-state index contributed by atoms with van der Waals surface area (Å²) in [6.07, 6.45) is -1.91. The van der Waals surface area contributed by atoms with Crippen LogP contribution >= 0.6 is 0 Å². The van der Waals surface area contributed by atoms with Crippen LogP contribution in [0.4, 0.5) is 0 Å². The molecule has 0 aromatic carbocycles. The second kappa shape index (κ2) is 6.45. The van der Waals surface area contributed by atoms with Gasteiger partial charge in [-0.15, -0.1) is 0 Å². The van der Waals surface area contributed by atoms with E-state index in [-0.39, 0.29) is 26.2 Å². The molecule has 0 saturated heterocycles. The number of carboxylic acids is 1. The Hall–Kier alpha value is -1.48. The van der Waals surface area contributed by atoms with Crippen molar-refractivity contribution in [3.8, 4) is 0 Å². The highest BCUT2D eigenvalue weighted by atomic mass is 16.5. The number of aliphatic carboxylic acids is 1. The third-order valence-corrected chi connectivity index (χ3v) is 2.51. The molecular formula is C10H16N2O6. The van der Waals surface area contributed by atoms with Crippen molar-refractivity contribution in [1.82, 2.24) is 5.32 Å². The molecule has 102 valence electrons. The van der Waals surface area contributed by atoms with Gasteiger partial charge in [-0.1, -0.05) is 0 Å². The lowest BCUT2D eigenvalue weighted by Gasteiger charge is -2.14. The SMILES string of the molecule is NC(CC(O)C(=O)NC1=C(CO)COC1)C(=O)O. The van der Waals surface area contributed by atoms with Gasteiger partial charge >= 0.3 is 5.97 Å². The van der Waals surface area contributed by atoms with Crippen molar-refractivity contribution in [2.45, 2.75) is 18.6 Å². The fourth-order valence-electron chi connectivity index (χ4n) is 1.41. The number of ether oxygens (including phenoxy) is 1. The first kappa shape index (κ1) is 14.6. The van der Waals surface area contributed by atoms with Crippen LogP contribution in [0.2, 0.25) is 0 Å². The number of carbonyl (C=O) groups is 2. The molecule has 0 spiro atoms. The normalized spacial score (nSPS) is 18.6. The highest BCUT2D eigenvalue weighted by Crippen LogP contribution is 2.11. The van der Waals surface area contributed by atoms with E-state index < -0.39 is 24.0 Å². The van der Waals surface area contributed by atoms with E-state index in [1.54, 1.807) is 0 Å². The van der Waals surface area contributed by atoms with E-state index in [0.29, 0.717) is 11.3 Å². The molecule has 0 aromatic heterocycles. The van der Waals surface area contributed by atoms with E-state index in [2.05, 4.69) is 5.32 Å². The van der Waals surface area contributed by atoms with Crippen molar-refractivity contribution in [3.05, 3.63) is 11.3 Å². The number of amides is 1. The lowest BCUT2D eigenvalue weighted by Crippen LogP contribution is -2.41. The molecule has 8 nitrogen and oxygen atoms in total. The summed E-state index contributed by atoms with van der Waals surface area (Å²) in [7, 11) is 0. The fourth-order valence-corrected chi connectivity index (χ4v) is 1.41. The average Bonchev–Trinajstić information content (AvgIpc) is 2.75. The van der Waals surface area contributed by atoms with Gasteiger partial charge < -0.3 is 31.1 Å². The lowest BCUT2D eigenvalue weighted by molar-refractivity contribution is -0.140. The number of nitrogens with two attached hydrogens (primary N) is 1. The van der Waals surface area contributed by atoms with Crippen molar-refractivity contribution in [3.63, 3.8) is 0 Å². The van der Waals surface area contributed by atoms with Gasteiger partial charge in [0.05, 0.1) is 19.8 Å². The van der Waals surface area contributed by atoms with Crippen LogP contribution in [-0.2, 0) is 14.3 Å². The average molecular weight is 260 g/mol. The number of hydrogen-bond acceptors (Lipinski definition) is 6. The van der Waals surface area contributed by atoms with E-state index in [4.69, 9.17) is 20.7 Å². The summed E-state index contributed by atoms with van der Waals surface area (Å²) < 4.78 is 5.01. The summed E-state index contributed by atoms with van der Waals surface area (Å²) in [4.78, 5) is 22.0. The molecule has 1 rings (SSSR count). The molecule has 0 saturated carbocycles. The van der Waals surface area contributed by atoms with Crippen LogP contribution in [0.25, 0.3) is 0 Å². The molecule has 6 N–H and O–H groups in total. The van der Waals surface area contributed by atoms with Crippen molar-refractivity contribution >= 4 is 11.9 Å². The summed E-state index contributed by atoms with van der Waals surface area (Å²) in [5, 5.41) is 29.4. The smallest absolute Gasteiger partial charge is 0.320 e. The zero-order valence-corrected chi connectivity index (χ0v) is 9.63. The Bertz CT molecular complexity index is 367. The minimum atomic E-state index is -1.52. The number of nitrogens with one attached hydrogen (secondary N) is 1. The monoisotopic (exact) mass is 260 g/mol. The standard InChI is InChI=1S/C10H16N2O6/c11-6(10(16)17)1-8(14)9(15)12-7-4-18-3-5(7)2-13/h6,8,13-14H,1-4,11H2,(H,12,15)(H,16,17). The van der Waals surface area contributed by atoms with Gasteiger partial charge in [-0.05, 0) is 0 Å². The molecule has 1 aliphatic rings. The van der Waals surface area contributed by atoms with E-state index >= 15 is 0 Å². The van der Waals surface area contributed by atoms with Crippen LogP contribution in [0.5, 0.6) is 0 Å². The van der Waals surface area contributed by atoms with Gasteiger partial charge in [-0.25, -0.2) is 0 Å².